The zero-order valence-electron chi connectivity index (χ0n) is 24.4. The maximum absolute atomic E-state index is 16.8. The van der Waals surface area contributed by atoms with Crippen molar-refractivity contribution in [2.24, 2.45) is 0 Å². The van der Waals surface area contributed by atoms with E-state index < -0.39 is 28.9 Å². The van der Waals surface area contributed by atoms with Gasteiger partial charge in [0.05, 0.1) is 11.2 Å². The summed E-state index contributed by atoms with van der Waals surface area (Å²) >= 11 is 0. The molecule has 0 saturated carbocycles. The van der Waals surface area contributed by atoms with E-state index in [0.717, 1.165) is 32.2 Å². The number of anilines is 2. The van der Waals surface area contributed by atoms with Crippen molar-refractivity contribution in [3.05, 3.63) is 51.8 Å². The highest BCUT2D eigenvalue weighted by molar-refractivity contribution is 6.02. The molecule has 4 aromatic rings. The van der Waals surface area contributed by atoms with Gasteiger partial charge in [0.2, 0.25) is 0 Å². The lowest BCUT2D eigenvalue weighted by Gasteiger charge is -2.34. The third kappa shape index (κ3) is 4.33. The number of ether oxygens (including phenoxy) is 1. The number of nitrogens with two attached hydrogens (primary N) is 1. The van der Waals surface area contributed by atoms with Gasteiger partial charge in [0, 0.05) is 49.4 Å². The largest absolute Gasteiger partial charge is 0.461 e. The SMILES string of the molecule is Cc1c(F)ccc2cc(N)cc(-c3[nH]c(=O)c4c(N5CC6CCC(C5)N6)nc(OC[C@@]56CCCN5C[C@H](F)C6)nc4c3F)c12. The van der Waals surface area contributed by atoms with E-state index in [1.54, 1.807) is 19.1 Å². The average Bonchev–Trinajstić information content (AvgIpc) is 3.65. The lowest BCUT2D eigenvalue weighted by atomic mass is 9.95. The lowest BCUT2D eigenvalue weighted by molar-refractivity contribution is 0.107. The molecule has 2 bridgehead atoms. The molecule has 230 valence electrons. The van der Waals surface area contributed by atoms with Gasteiger partial charge in [-0.25, -0.2) is 13.2 Å². The highest BCUT2D eigenvalue weighted by Crippen LogP contribution is 2.41. The Morgan fingerprint density at radius 3 is 2.70 bits per heavy atom. The number of nitrogen functional groups attached to an aromatic ring is 1. The topological polar surface area (TPSA) is 112 Å². The van der Waals surface area contributed by atoms with Gasteiger partial charge in [0.1, 0.15) is 35.3 Å². The van der Waals surface area contributed by atoms with Crippen LogP contribution in [-0.4, -0.2) is 76.4 Å². The molecule has 4 atom stereocenters. The predicted octanol–water partition coefficient (Wildman–Crippen LogP) is 4.20. The number of halogens is 3. The van der Waals surface area contributed by atoms with E-state index in [0.29, 0.717) is 53.9 Å². The lowest BCUT2D eigenvalue weighted by Crippen LogP contribution is -2.51. The number of aromatic amines is 1. The Bertz CT molecular complexity index is 1870. The fraction of sp³-hybridized carbons (Fsp3) is 0.469. The Kier molecular flexibility index (Phi) is 6.32. The Morgan fingerprint density at radius 2 is 1.91 bits per heavy atom. The molecule has 4 aliphatic rings. The Labute approximate surface area is 251 Å². The van der Waals surface area contributed by atoms with Crippen molar-refractivity contribution in [3.8, 4) is 17.3 Å². The second-order valence-electron chi connectivity index (χ2n) is 12.9. The number of H-pyrrole nitrogens is 1. The van der Waals surface area contributed by atoms with Crippen molar-refractivity contribution >= 4 is 33.2 Å². The molecule has 8 rings (SSSR count). The summed E-state index contributed by atoms with van der Waals surface area (Å²) in [6.45, 7) is 4.16. The van der Waals surface area contributed by atoms with Crippen LogP contribution < -0.4 is 26.2 Å². The first-order valence-corrected chi connectivity index (χ1v) is 15.3. The summed E-state index contributed by atoms with van der Waals surface area (Å²) in [6.07, 6.45) is 3.19. The molecule has 0 aliphatic carbocycles. The maximum atomic E-state index is 16.8. The molecule has 2 unspecified atom stereocenters. The first kappa shape index (κ1) is 27.6. The van der Waals surface area contributed by atoms with Crippen molar-refractivity contribution < 1.29 is 17.9 Å². The minimum absolute atomic E-state index is 0.0290. The van der Waals surface area contributed by atoms with Gasteiger partial charge in [-0.05, 0) is 73.7 Å². The van der Waals surface area contributed by atoms with Crippen LogP contribution in [0.5, 0.6) is 6.01 Å². The number of fused-ring (bicyclic) bond motifs is 5. The molecular formula is C32H34F3N7O2. The molecular weight excluding hydrogens is 571 g/mol. The van der Waals surface area contributed by atoms with Crippen LogP contribution in [0.4, 0.5) is 24.7 Å². The average molecular weight is 606 g/mol. The summed E-state index contributed by atoms with van der Waals surface area (Å²) in [6, 6.07) is 6.54. The smallest absolute Gasteiger partial charge is 0.319 e. The van der Waals surface area contributed by atoms with Crippen molar-refractivity contribution in [1.29, 1.82) is 0 Å². The minimum Gasteiger partial charge on any atom is -0.461 e. The van der Waals surface area contributed by atoms with E-state index in [1.165, 1.54) is 12.1 Å². The van der Waals surface area contributed by atoms with Gasteiger partial charge in [0.25, 0.3) is 5.56 Å². The van der Waals surface area contributed by atoms with Gasteiger partial charge in [-0.1, -0.05) is 6.07 Å². The third-order valence-electron chi connectivity index (χ3n) is 10.1. The number of hydrogen-bond acceptors (Lipinski definition) is 8. The van der Waals surface area contributed by atoms with Crippen LogP contribution in [0.3, 0.4) is 0 Å². The van der Waals surface area contributed by atoms with Gasteiger partial charge in [-0.15, -0.1) is 0 Å². The fourth-order valence-corrected chi connectivity index (χ4v) is 8.08. The van der Waals surface area contributed by atoms with Crippen LogP contribution >= 0.6 is 0 Å². The number of alkyl halides is 1. The first-order chi connectivity index (χ1) is 21.2. The summed E-state index contributed by atoms with van der Waals surface area (Å²) in [5.74, 6) is -0.930. The molecule has 0 radical (unpaired) electrons. The summed E-state index contributed by atoms with van der Waals surface area (Å²) in [4.78, 5) is 29.9. The number of piperazine rings is 1. The number of hydrogen-bond donors (Lipinski definition) is 3. The summed E-state index contributed by atoms with van der Waals surface area (Å²) in [7, 11) is 0. The Hall–Kier alpha value is -3.90. The molecule has 4 N–H and O–H groups in total. The van der Waals surface area contributed by atoms with Crippen LogP contribution in [0.25, 0.3) is 32.9 Å². The molecule has 2 aromatic heterocycles. The van der Waals surface area contributed by atoms with Crippen LogP contribution in [0.2, 0.25) is 0 Å². The normalized spacial score (nSPS) is 26.6. The van der Waals surface area contributed by atoms with Crippen molar-refractivity contribution in [2.75, 3.05) is 43.4 Å². The van der Waals surface area contributed by atoms with Crippen LogP contribution in [-0.2, 0) is 0 Å². The second kappa shape index (κ2) is 10.1. The van der Waals surface area contributed by atoms with Gasteiger partial charge < -0.3 is 25.7 Å². The van der Waals surface area contributed by atoms with E-state index >= 15 is 4.39 Å². The molecule has 12 heteroatoms. The highest BCUT2D eigenvalue weighted by atomic mass is 19.1. The van der Waals surface area contributed by atoms with Gasteiger partial charge in [-0.2, -0.15) is 9.97 Å². The molecule has 0 spiro atoms. The minimum atomic E-state index is -0.928. The highest BCUT2D eigenvalue weighted by Gasteiger charge is 2.49. The van der Waals surface area contributed by atoms with E-state index in [-0.39, 0.29) is 46.9 Å². The van der Waals surface area contributed by atoms with Crippen LogP contribution in [0, 0.1) is 18.6 Å². The second-order valence-corrected chi connectivity index (χ2v) is 12.9. The van der Waals surface area contributed by atoms with Gasteiger partial charge >= 0.3 is 6.01 Å². The number of aryl methyl sites for hydroxylation is 1. The Balaban J connectivity index is 1.30. The summed E-state index contributed by atoms with van der Waals surface area (Å²) < 4.78 is 52.1. The van der Waals surface area contributed by atoms with E-state index in [2.05, 4.69) is 20.2 Å². The molecule has 4 saturated heterocycles. The van der Waals surface area contributed by atoms with Crippen LogP contribution in [0.15, 0.2) is 29.1 Å². The zero-order valence-corrected chi connectivity index (χ0v) is 24.4. The standard InChI is InChI=1S/C32H34F3N7O2/c1-16-23(34)6-3-17-9-19(36)10-22(24(16)17)27-26(35)28-25(30(43)38-27)29(41-13-20-4-5-21(14-41)37-20)40-31(39-28)44-15-32-7-2-8-42(32)12-18(33)11-32/h3,6,9-10,18,20-21,37H,2,4-5,7-8,11-15,36H2,1H3,(H,38,43)/t18-,20?,21?,32+/m1/s1. The number of aromatic nitrogens is 3. The molecule has 6 heterocycles. The third-order valence-corrected chi connectivity index (χ3v) is 10.1. The van der Waals surface area contributed by atoms with E-state index in [1.807, 2.05) is 4.90 Å². The van der Waals surface area contributed by atoms with Crippen LogP contribution in [0.1, 0.15) is 37.7 Å². The quantitative estimate of drug-likeness (QED) is 0.290. The number of benzene rings is 2. The zero-order chi connectivity index (χ0) is 30.3. The maximum Gasteiger partial charge on any atom is 0.319 e. The number of nitrogens with one attached hydrogen (secondary N) is 2. The first-order valence-electron chi connectivity index (χ1n) is 15.3. The van der Waals surface area contributed by atoms with Crippen molar-refractivity contribution in [1.82, 2.24) is 25.2 Å². The molecule has 4 aliphatic heterocycles. The van der Waals surface area contributed by atoms with E-state index in [9.17, 15) is 13.6 Å². The molecule has 9 nitrogen and oxygen atoms in total. The van der Waals surface area contributed by atoms with Crippen molar-refractivity contribution in [3.63, 3.8) is 0 Å². The van der Waals surface area contributed by atoms with Gasteiger partial charge in [-0.3, -0.25) is 9.69 Å². The predicted molar refractivity (Wildman–Crippen MR) is 163 cm³/mol. The van der Waals surface area contributed by atoms with Crippen molar-refractivity contribution in [2.45, 2.75) is 62.8 Å². The fourth-order valence-electron chi connectivity index (χ4n) is 8.08. The van der Waals surface area contributed by atoms with E-state index in [4.69, 9.17) is 15.5 Å². The summed E-state index contributed by atoms with van der Waals surface area (Å²) in [5.41, 5.74) is 5.75. The molecule has 2 aromatic carbocycles. The molecule has 0 amide bonds. The Morgan fingerprint density at radius 1 is 1.11 bits per heavy atom. The monoisotopic (exact) mass is 605 g/mol. The van der Waals surface area contributed by atoms with Gasteiger partial charge in [0.15, 0.2) is 5.82 Å². The number of rotatable bonds is 5. The number of nitrogens with zero attached hydrogens (tertiary/aromatic N) is 4. The summed E-state index contributed by atoms with van der Waals surface area (Å²) in [5, 5.41) is 4.66. The molecule has 4 fully saturated rings. The molecule has 44 heavy (non-hydrogen) atoms. The number of pyridine rings is 1.